The zero-order valence-electron chi connectivity index (χ0n) is 10.7. The van der Waals surface area contributed by atoms with Crippen LogP contribution in [0.25, 0.3) is 0 Å². The number of para-hydroxylation sites is 1. The Kier molecular flexibility index (Phi) is 4.43. The van der Waals surface area contributed by atoms with Gasteiger partial charge in [-0.05, 0) is 24.8 Å². The van der Waals surface area contributed by atoms with Crippen molar-refractivity contribution in [3.8, 4) is 5.75 Å². The van der Waals surface area contributed by atoms with Gasteiger partial charge in [-0.3, -0.25) is 0 Å². The molecule has 1 aliphatic carbocycles. The van der Waals surface area contributed by atoms with E-state index in [0.717, 1.165) is 30.3 Å². The van der Waals surface area contributed by atoms with E-state index in [1.807, 2.05) is 18.2 Å². The monoisotopic (exact) mass is 233 g/mol. The molecule has 2 heteroatoms. The van der Waals surface area contributed by atoms with Crippen LogP contribution in [0.15, 0.2) is 24.3 Å². The van der Waals surface area contributed by atoms with Crippen molar-refractivity contribution in [1.82, 2.24) is 0 Å². The van der Waals surface area contributed by atoms with Crippen molar-refractivity contribution in [3.63, 3.8) is 0 Å². The maximum absolute atomic E-state index is 6.08. The molecule has 1 aromatic rings. The van der Waals surface area contributed by atoms with Gasteiger partial charge in [-0.25, -0.2) is 0 Å². The SMILES string of the molecule is CCC(N)c1ccccc1OCCC1CCC1. The van der Waals surface area contributed by atoms with Gasteiger partial charge in [-0.15, -0.1) is 0 Å². The molecule has 2 nitrogen and oxygen atoms in total. The van der Waals surface area contributed by atoms with E-state index in [0.29, 0.717) is 0 Å². The molecule has 0 saturated heterocycles. The van der Waals surface area contributed by atoms with Crippen molar-refractivity contribution in [3.05, 3.63) is 29.8 Å². The summed E-state index contributed by atoms with van der Waals surface area (Å²) in [6.45, 7) is 2.94. The summed E-state index contributed by atoms with van der Waals surface area (Å²) in [5.74, 6) is 1.88. The van der Waals surface area contributed by atoms with Crippen LogP contribution in [-0.2, 0) is 0 Å². The lowest BCUT2D eigenvalue weighted by molar-refractivity contribution is 0.220. The summed E-state index contributed by atoms with van der Waals surface area (Å²) in [5.41, 5.74) is 7.23. The van der Waals surface area contributed by atoms with Crippen LogP contribution in [0.5, 0.6) is 5.75 Å². The van der Waals surface area contributed by atoms with E-state index in [2.05, 4.69) is 13.0 Å². The lowest BCUT2D eigenvalue weighted by Crippen LogP contribution is -2.16. The Bertz CT molecular complexity index is 347. The van der Waals surface area contributed by atoms with Gasteiger partial charge in [0, 0.05) is 11.6 Å². The zero-order chi connectivity index (χ0) is 12.1. The minimum atomic E-state index is 0.0925. The fraction of sp³-hybridized carbons (Fsp3) is 0.600. The third-order valence-corrected chi connectivity index (χ3v) is 3.77. The highest BCUT2D eigenvalue weighted by molar-refractivity contribution is 5.35. The van der Waals surface area contributed by atoms with Gasteiger partial charge >= 0.3 is 0 Å². The van der Waals surface area contributed by atoms with Gasteiger partial charge in [-0.1, -0.05) is 44.4 Å². The van der Waals surface area contributed by atoms with Crippen molar-refractivity contribution in [2.75, 3.05) is 6.61 Å². The maximum Gasteiger partial charge on any atom is 0.124 e. The molecule has 0 radical (unpaired) electrons. The molecule has 2 N–H and O–H groups in total. The van der Waals surface area contributed by atoms with Crippen molar-refractivity contribution in [1.29, 1.82) is 0 Å². The summed E-state index contributed by atoms with van der Waals surface area (Å²) in [5, 5.41) is 0. The van der Waals surface area contributed by atoms with Crippen LogP contribution in [-0.4, -0.2) is 6.61 Å². The molecule has 17 heavy (non-hydrogen) atoms. The molecule has 1 saturated carbocycles. The second kappa shape index (κ2) is 6.06. The molecule has 1 aliphatic rings. The topological polar surface area (TPSA) is 35.2 Å². The number of hydrogen-bond acceptors (Lipinski definition) is 2. The first-order valence-electron chi connectivity index (χ1n) is 6.78. The Hall–Kier alpha value is -1.02. The largest absolute Gasteiger partial charge is 0.493 e. The molecule has 0 heterocycles. The highest BCUT2D eigenvalue weighted by Gasteiger charge is 2.17. The number of ether oxygens (including phenoxy) is 1. The van der Waals surface area contributed by atoms with E-state index in [9.17, 15) is 0 Å². The third kappa shape index (κ3) is 3.22. The lowest BCUT2D eigenvalue weighted by Gasteiger charge is -2.25. The normalized spacial score (nSPS) is 17.5. The molecule has 94 valence electrons. The molecule has 1 aromatic carbocycles. The predicted molar refractivity (Wildman–Crippen MR) is 71.1 cm³/mol. The molecule has 1 fully saturated rings. The van der Waals surface area contributed by atoms with Gasteiger partial charge in [0.25, 0.3) is 0 Å². The van der Waals surface area contributed by atoms with Crippen LogP contribution in [0, 0.1) is 5.92 Å². The van der Waals surface area contributed by atoms with E-state index in [-0.39, 0.29) is 6.04 Å². The first-order chi connectivity index (χ1) is 8.31. The smallest absolute Gasteiger partial charge is 0.124 e. The highest BCUT2D eigenvalue weighted by Crippen LogP contribution is 2.30. The zero-order valence-corrected chi connectivity index (χ0v) is 10.7. The minimum absolute atomic E-state index is 0.0925. The number of benzene rings is 1. The van der Waals surface area contributed by atoms with Crippen LogP contribution in [0.4, 0.5) is 0 Å². The molecular formula is C15H23NO. The van der Waals surface area contributed by atoms with Gasteiger partial charge in [0.2, 0.25) is 0 Å². The molecule has 0 spiro atoms. The van der Waals surface area contributed by atoms with E-state index in [1.54, 1.807) is 0 Å². The Morgan fingerprint density at radius 3 is 2.76 bits per heavy atom. The van der Waals surface area contributed by atoms with Crippen LogP contribution < -0.4 is 10.5 Å². The van der Waals surface area contributed by atoms with Gasteiger partial charge in [0.05, 0.1) is 6.61 Å². The summed E-state index contributed by atoms with van der Waals surface area (Å²) in [7, 11) is 0. The summed E-state index contributed by atoms with van der Waals surface area (Å²) in [4.78, 5) is 0. The average Bonchev–Trinajstić information content (AvgIpc) is 2.32. The van der Waals surface area contributed by atoms with Crippen molar-refractivity contribution >= 4 is 0 Å². The van der Waals surface area contributed by atoms with E-state index in [4.69, 9.17) is 10.5 Å². The van der Waals surface area contributed by atoms with E-state index < -0.39 is 0 Å². The van der Waals surface area contributed by atoms with Crippen LogP contribution >= 0.6 is 0 Å². The summed E-state index contributed by atoms with van der Waals surface area (Å²) in [6.07, 6.45) is 6.32. The molecule has 0 amide bonds. The minimum Gasteiger partial charge on any atom is -0.493 e. The Labute approximate surface area is 104 Å². The quantitative estimate of drug-likeness (QED) is 0.813. The summed E-state index contributed by atoms with van der Waals surface area (Å²) in [6, 6.07) is 8.25. The Morgan fingerprint density at radius 1 is 1.35 bits per heavy atom. The van der Waals surface area contributed by atoms with Crippen LogP contribution in [0.2, 0.25) is 0 Å². The lowest BCUT2D eigenvalue weighted by atomic mass is 9.83. The highest BCUT2D eigenvalue weighted by atomic mass is 16.5. The van der Waals surface area contributed by atoms with Crippen molar-refractivity contribution < 1.29 is 4.74 Å². The fourth-order valence-electron chi connectivity index (χ4n) is 2.26. The van der Waals surface area contributed by atoms with Crippen LogP contribution in [0.1, 0.15) is 50.6 Å². The molecular weight excluding hydrogens is 210 g/mol. The first kappa shape index (κ1) is 12.4. The second-order valence-corrected chi connectivity index (χ2v) is 4.99. The second-order valence-electron chi connectivity index (χ2n) is 4.99. The van der Waals surface area contributed by atoms with Crippen molar-refractivity contribution in [2.24, 2.45) is 11.7 Å². The predicted octanol–water partition coefficient (Wildman–Crippen LogP) is 3.67. The van der Waals surface area contributed by atoms with Gasteiger partial charge < -0.3 is 10.5 Å². The molecule has 1 unspecified atom stereocenters. The summed E-state index contributed by atoms with van der Waals surface area (Å²) >= 11 is 0. The number of rotatable bonds is 6. The van der Waals surface area contributed by atoms with E-state index in [1.165, 1.54) is 25.7 Å². The fourth-order valence-corrected chi connectivity index (χ4v) is 2.26. The molecule has 0 aromatic heterocycles. The van der Waals surface area contributed by atoms with Crippen molar-refractivity contribution in [2.45, 2.75) is 45.1 Å². The van der Waals surface area contributed by atoms with E-state index >= 15 is 0 Å². The molecule has 0 aliphatic heterocycles. The number of nitrogens with two attached hydrogens (primary N) is 1. The first-order valence-corrected chi connectivity index (χ1v) is 6.78. The number of hydrogen-bond donors (Lipinski definition) is 1. The average molecular weight is 233 g/mol. The maximum atomic E-state index is 6.08. The summed E-state index contributed by atoms with van der Waals surface area (Å²) < 4.78 is 5.89. The molecule has 0 bridgehead atoms. The van der Waals surface area contributed by atoms with Crippen LogP contribution in [0.3, 0.4) is 0 Å². The van der Waals surface area contributed by atoms with Gasteiger partial charge in [0.15, 0.2) is 0 Å². The standard InChI is InChI=1S/C15H23NO/c1-2-14(16)13-8-3-4-9-15(13)17-11-10-12-6-5-7-12/h3-4,8-9,12,14H,2,5-7,10-11,16H2,1H3. The van der Waals surface area contributed by atoms with Gasteiger partial charge in [0.1, 0.15) is 5.75 Å². The van der Waals surface area contributed by atoms with Gasteiger partial charge in [-0.2, -0.15) is 0 Å². The molecule has 2 rings (SSSR count). The molecule has 1 atom stereocenters. The Balaban J connectivity index is 1.89. The Morgan fingerprint density at radius 2 is 2.12 bits per heavy atom. The third-order valence-electron chi connectivity index (χ3n) is 3.77.